The van der Waals surface area contributed by atoms with E-state index in [9.17, 15) is 4.79 Å². The van der Waals surface area contributed by atoms with Crippen molar-refractivity contribution < 1.29 is 4.79 Å². The molecule has 0 N–H and O–H groups in total. The topological polar surface area (TPSA) is 17.1 Å². The van der Waals surface area contributed by atoms with E-state index in [4.69, 9.17) is 0 Å². The van der Waals surface area contributed by atoms with Crippen molar-refractivity contribution in [3.05, 3.63) is 0 Å². The van der Waals surface area contributed by atoms with Crippen LogP contribution in [-0.2, 0) is 0 Å². The van der Waals surface area contributed by atoms with Crippen LogP contribution in [0, 0.1) is 0 Å². The van der Waals surface area contributed by atoms with Gasteiger partial charge < -0.3 is 0 Å². The van der Waals surface area contributed by atoms with Gasteiger partial charge in [0, 0.05) is 0 Å². The molecule has 0 aromatic carbocycles. The van der Waals surface area contributed by atoms with Gasteiger partial charge in [-0.15, -0.1) is 0 Å². The summed E-state index contributed by atoms with van der Waals surface area (Å²) in [7, 11) is 0. The Morgan fingerprint density at radius 2 is 1.62 bits per heavy atom. The molecule has 48 valence electrons. The molecule has 8 heavy (non-hydrogen) atoms. The Morgan fingerprint density at radius 3 is 1.88 bits per heavy atom. The third kappa shape index (κ3) is 4.86. The minimum atomic E-state index is 0.315. The van der Waals surface area contributed by atoms with Gasteiger partial charge in [-0.05, 0) is 0 Å². The molecule has 0 saturated heterocycles. The van der Waals surface area contributed by atoms with Crippen LogP contribution >= 0.6 is 0 Å². The van der Waals surface area contributed by atoms with Crippen molar-refractivity contribution >= 4 is 33.5 Å². The second-order valence-electron chi connectivity index (χ2n) is 1.12. The molecule has 3 heteroatoms. The third-order valence-corrected chi connectivity index (χ3v) is 5.29. The summed E-state index contributed by atoms with van der Waals surface area (Å²) < 4.78 is 0.537. The zero-order chi connectivity index (χ0) is 6.41. The average molecular weight is 244 g/mol. The summed E-state index contributed by atoms with van der Waals surface area (Å²) in [6, 6.07) is 0. The van der Waals surface area contributed by atoms with Gasteiger partial charge in [0.05, 0.1) is 0 Å². The van der Waals surface area contributed by atoms with E-state index in [2.05, 4.69) is 13.8 Å². The van der Waals surface area contributed by atoms with E-state index in [1.165, 1.54) is 0 Å². The Morgan fingerprint density at radius 1 is 1.25 bits per heavy atom. The van der Waals surface area contributed by atoms with Gasteiger partial charge in [-0.25, -0.2) is 0 Å². The summed E-state index contributed by atoms with van der Waals surface area (Å²) in [4.78, 5) is 10.7. The van der Waals surface area contributed by atoms with Gasteiger partial charge in [0.25, 0.3) is 0 Å². The van der Waals surface area contributed by atoms with E-state index in [-0.39, 0.29) is 0 Å². The molecule has 0 aromatic heterocycles. The fraction of sp³-hybridized carbons (Fsp3) is 0.800. The van der Waals surface area contributed by atoms with Gasteiger partial charge in [-0.1, -0.05) is 0 Å². The van der Waals surface area contributed by atoms with Crippen molar-refractivity contribution in [2.24, 2.45) is 0 Å². The fourth-order valence-electron chi connectivity index (χ4n) is 0.277. The fourth-order valence-corrected chi connectivity index (χ4v) is 4.92. The molecule has 0 amide bonds. The van der Waals surface area contributed by atoms with E-state index < -0.39 is 0 Å². The SMILES string of the molecule is CC[Se]C(=O)[Se]CC. The number of hydrogen-bond donors (Lipinski definition) is 0. The van der Waals surface area contributed by atoms with Crippen LogP contribution in [0.1, 0.15) is 13.8 Å². The van der Waals surface area contributed by atoms with Crippen LogP contribution in [0.25, 0.3) is 0 Å². The summed E-state index contributed by atoms with van der Waals surface area (Å²) in [6.07, 6.45) is 0. The van der Waals surface area contributed by atoms with Crippen molar-refractivity contribution in [3.8, 4) is 0 Å². The van der Waals surface area contributed by atoms with Gasteiger partial charge in [0.15, 0.2) is 0 Å². The molecule has 0 bridgehead atoms. The second kappa shape index (κ2) is 5.84. The van der Waals surface area contributed by atoms with Crippen LogP contribution < -0.4 is 0 Å². The van der Waals surface area contributed by atoms with Crippen LogP contribution in [-0.4, -0.2) is 33.5 Å². The average Bonchev–Trinajstić information content (AvgIpc) is 1.68. The van der Waals surface area contributed by atoms with Crippen LogP contribution in [0.4, 0.5) is 4.79 Å². The number of hydrogen-bond acceptors (Lipinski definition) is 1. The first-order chi connectivity index (χ1) is 3.81. The van der Waals surface area contributed by atoms with E-state index in [1.54, 1.807) is 0 Å². The van der Waals surface area contributed by atoms with E-state index in [0.29, 0.717) is 33.5 Å². The Bertz CT molecular complexity index is 64.8. The number of carbonyl (C=O) groups excluding carboxylic acids is 1. The Hall–Kier alpha value is 0.709. The maximum absolute atomic E-state index is 10.7. The molecule has 0 aliphatic rings. The number of rotatable bonds is 4. The van der Waals surface area contributed by atoms with Crippen molar-refractivity contribution in [1.29, 1.82) is 0 Å². The summed E-state index contributed by atoms with van der Waals surface area (Å²) >= 11 is 0.631. The molecule has 0 aliphatic heterocycles. The first-order valence-corrected chi connectivity index (χ1v) is 6.74. The molecular formula is C5H10OSe2. The Labute approximate surface area is 62.9 Å². The molecule has 0 radical (unpaired) electrons. The van der Waals surface area contributed by atoms with E-state index in [1.807, 2.05) is 0 Å². The Balaban J connectivity index is 3.06. The van der Waals surface area contributed by atoms with Crippen molar-refractivity contribution in [2.45, 2.75) is 24.5 Å². The predicted octanol–water partition coefficient (Wildman–Crippen LogP) is 1.39. The van der Waals surface area contributed by atoms with Crippen molar-refractivity contribution in [1.82, 2.24) is 0 Å². The summed E-state index contributed by atoms with van der Waals surface area (Å²) in [5, 5.41) is 2.15. The van der Waals surface area contributed by atoms with Crippen LogP contribution in [0.5, 0.6) is 0 Å². The number of carbonyl (C=O) groups is 1. The van der Waals surface area contributed by atoms with E-state index >= 15 is 0 Å². The van der Waals surface area contributed by atoms with Gasteiger partial charge in [0.2, 0.25) is 0 Å². The van der Waals surface area contributed by atoms with Gasteiger partial charge >= 0.3 is 62.8 Å². The molecule has 1 nitrogen and oxygen atoms in total. The molecule has 0 aliphatic carbocycles. The van der Waals surface area contributed by atoms with Crippen LogP contribution in [0.3, 0.4) is 0 Å². The maximum atomic E-state index is 10.7. The summed E-state index contributed by atoms with van der Waals surface area (Å²) in [5.74, 6) is 0. The molecular weight excluding hydrogens is 234 g/mol. The van der Waals surface area contributed by atoms with Gasteiger partial charge in [-0.2, -0.15) is 0 Å². The van der Waals surface area contributed by atoms with Crippen LogP contribution in [0.15, 0.2) is 0 Å². The molecule has 0 unspecified atom stereocenters. The molecule has 0 aromatic rings. The first-order valence-electron chi connectivity index (χ1n) is 2.60. The zero-order valence-electron chi connectivity index (χ0n) is 5.14. The molecule has 0 spiro atoms. The van der Waals surface area contributed by atoms with Crippen molar-refractivity contribution in [3.63, 3.8) is 0 Å². The second-order valence-corrected chi connectivity index (χ2v) is 7.62. The first kappa shape index (κ1) is 8.71. The molecule has 0 rings (SSSR count). The third-order valence-electron chi connectivity index (χ3n) is 0.524. The molecule has 0 atom stereocenters. The summed E-state index contributed by atoms with van der Waals surface area (Å²) in [6.45, 7) is 4.15. The van der Waals surface area contributed by atoms with E-state index in [0.717, 1.165) is 10.6 Å². The standard InChI is InChI=1S/C5H10OSe2/c1-3-7-5(6)8-4-2/h3-4H2,1-2H3. The zero-order valence-corrected chi connectivity index (χ0v) is 8.57. The molecule has 0 saturated carbocycles. The Kier molecular flexibility index (Phi) is 6.36. The minimum absolute atomic E-state index is 0.315. The van der Waals surface area contributed by atoms with Gasteiger partial charge in [-0.3, -0.25) is 0 Å². The quantitative estimate of drug-likeness (QED) is 0.683. The normalized spacial score (nSPS) is 9.25. The predicted molar refractivity (Wildman–Crippen MR) is 37.9 cm³/mol. The van der Waals surface area contributed by atoms with Gasteiger partial charge in [0.1, 0.15) is 0 Å². The molecule has 0 heterocycles. The van der Waals surface area contributed by atoms with Crippen molar-refractivity contribution in [2.75, 3.05) is 0 Å². The summed E-state index contributed by atoms with van der Waals surface area (Å²) in [5.41, 5.74) is 0. The molecule has 0 fully saturated rings. The monoisotopic (exact) mass is 246 g/mol. The van der Waals surface area contributed by atoms with Crippen LogP contribution in [0.2, 0.25) is 10.6 Å².